The van der Waals surface area contributed by atoms with Crippen molar-refractivity contribution in [3.05, 3.63) is 163 Å². The molecule has 0 unspecified atom stereocenters. The Morgan fingerprint density at radius 1 is 0.534 bits per heavy atom. The fraction of sp³-hybridized carbons (Fsp3) is 0.338. The number of allylic oxidation sites excluding steroid dienone is 6. The summed E-state index contributed by atoms with van der Waals surface area (Å²) >= 11 is 0. The first-order valence-electron chi connectivity index (χ1n) is 31.9. The van der Waals surface area contributed by atoms with Gasteiger partial charge in [-0.3, -0.25) is 43.5 Å². The normalized spacial score (nSPS) is 15.3. The van der Waals surface area contributed by atoms with E-state index in [-0.39, 0.29) is 316 Å². The van der Waals surface area contributed by atoms with Crippen LogP contribution in [0, 0.1) is 278 Å². The number of carbonyl (C=O) groups is 9. The molecule has 11 heterocycles. The van der Waals surface area contributed by atoms with Gasteiger partial charge in [0.25, 0.3) is 0 Å². The Balaban J connectivity index is 0.000000465. The van der Waals surface area contributed by atoms with Gasteiger partial charge in [-0.1, -0.05) is 53.0 Å². The summed E-state index contributed by atoms with van der Waals surface area (Å²) in [6.07, 6.45) is 4.70. The second-order valence-corrected chi connectivity index (χ2v) is 24.7. The predicted molar refractivity (Wildman–Crippen MR) is 365 cm³/mol. The van der Waals surface area contributed by atoms with Crippen LogP contribution < -0.4 is 0 Å². The third-order valence-electron chi connectivity index (χ3n) is 18.6. The molecule has 0 saturated carbocycles. The van der Waals surface area contributed by atoms with Crippen molar-refractivity contribution in [2.24, 2.45) is 0 Å². The first-order chi connectivity index (χ1) is 45.9. The number of nitrogens with zero attached hydrogens (tertiary/aromatic N) is 4. The number of aliphatic carboxylic acids is 2. The number of esters is 6. The van der Waals surface area contributed by atoms with E-state index in [0.29, 0.717) is 62.4 Å². The van der Waals surface area contributed by atoms with Crippen molar-refractivity contribution in [2.45, 2.75) is 165 Å². The van der Waals surface area contributed by atoms with Crippen molar-refractivity contribution in [2.75, 3.05) is 0 Å². The number of fused-ring (bicyclic) bond motifs is 16. The molecule has 0 aliphatic carbocycles. The Morgan fingerprint density at radius 3 is 1.40 bits per heavy atom. The number of ether oxygens (including phenoxy) is 3. The van der Waals surface area contributed by atoms with E-state index in [1.807, 2.05) is 90.9 Å². The molecule has 7 N–H and O–H groups in total. The number of carbonyl (C=O) groups excluding carboxylic acids is 6. The van der Waals surface area contributed by atoms with Crippen LogP contribution in [0.25, 0.3) is 66.4 Å². The van der Waals surface area contributed by atoms with Crippen LogP contribution in [0.2, 0.25) is 0 Å². The maximum absolute atomic E-state index is 13.3. The monoisotopic (exact) mass is 2160 g/mol. The van der Waals surface area contributed by atoms with E-state index in [0.717, 1.165) is 102 Å². The molecule has 0 radical (unpaired) electrons. The minimum atomic E-state index is -1.20. The average Bonchev–Trinajstić information content (AvgIpc) is 1.60. The number of aromatic amines is 4. The fourth-order valence-corrected chi connectivity index (χ4v) is 13.6. The number of aryl methyl sites for hydroxylation is 6. The molecule has 0 spiro atoms. The van der Waals surface area contributed by atoms with Gasteiger partial charge in [-0.05, 0) is 148 Å². The Morgan fingerprint density at radius 2 is 0.971 bits per heavy atom. The average molecular weight is 2160 g/mol. The molecular formula is C74H78Ce6N8O15. The molecule has 0 amide bonds. The van der Waals surface area contributed by atoms with E-state index in [2.05, 4.69) is 51.7 Å². The zero-order chi connectivity index (χ0) is 70.9. The summed E-state index contributed by atoms with van der Waals surface area (Å²) in [4.78, 5) is 140. The number of carboxylic acids is 3. The quantitative estimate of drug-likeness (QED) is 0.0321. The molecular weight excluding hydrogens is 2080 g/mol. The zero-order valence-corrected chi connectivity index (χ0v) is 78.4. The maximum atomic E-state index is 13.3. The number of nitrogens with one attached hydrogen (secondary N) is 4. The minimum Gasteiger partial charge on any atom is -0.481 e. The number of rotatable bonds is 13. The molecule has 0 aromatic carbocycles. The third-order valence-corrected chi connectivity index (χ3v) is 18.6. The summed E-state index contributed by atoms with van der Waals surface area (Å²) in [7, 11) is 0. The van der Waals surface area contributed by atoms with E-state index in [4.69, 9.17) is 29.4 Å². The van der Waals surface area contributed by atoms with Gasteiger partial charge in [0.05, 0.1) is 69.2 Å². The van der Waals surface area contributed by atoms with Crippen LogP contribution in [-0.2, 0) is 73.5 Å². The number of hydrogen-bond donors (Lipinski definition) is 7. The van der Waals surface area contributed by atoms with Gasteiger partial charge in [-0.2, -0.15) is 0 Å². The van der Waals surface area contributed by atoms with Gasteiger partial charge in [0.2, 0.25) is 0 Å². The van der Waals surface area contributed by atoms with Crippen LogP contribution in [0.15, 0.2) is 61.7 Å². The van der Waals surface area contributed by atoms with Gasteiger partial charge in [0, 0.05) is 375 Å². The molecule has 23 nitrogen and oxygen atoms in total. The Labute approximate surface area is 797 Å². The Hall–Kier alpha value is -2.71. The van der Waals surface area contributed by atoms with Crippen molar-refractivity contribution >= 4 is 120 Å². The predicted octanol–water partition coefficient (Wildman–Crippen LogP) is 13.4. The van der Waals surface area contributed by atoms with Gasteiger partial charge in [0.15, 0.2) is 0 Å². The van der Waals surface area contributed by atoms with E-state index >= 15 is 0 Å². The van der Waals surface area contributed by atoms with Gasteiger partial charge in [0.1, 0.15) is 0 Å². The van der Waals surface area contributed by atoms with Crippen LogP contribution in [-0.4, -0.2) is 109 Å². The summed E-state index contributed by atoms with van der Waals surface area (Å²) in [6, 6.07) is 11.7. The molecule has 6 aromatic heterocycles. The van der Waals surface area contributed by atoms with Crippen molar-refractivity contribution in [3.8, 4) is 0 Å². The number of carboxylic acid groups (broad SMARTS) is 3. The summed E-state index contributed by atoms with van der Waals surface area (Å²) in [5.74, 6) is -8.46. The van der Waals surface area contributed by atoms with Crippen LogP contribution in [0.4, 0.5) is 0 Å². The molecule has 11 rings (SSSR count). The second-order valence-electron chi connectivity index (χ2n) is 24.7. The number of hydrogen-bond acceptors (Lipinski definition) is 16. The molecule has 0 fully saturated rings. The third kappa shape index (κ3) is 21.1. The summed E-state index contributed by atoms with van der Waals surface area (Å²) < 4.78 is 14.0. The van der Waals surface area contributed by atoms with Gasteiger partial charge in [-0.25, -0.2) is 19.6 Å². The van der Waals surface area contributed by atoms with Crippen molar-refractivity contribution in [3.63, 3.8) is 0 Å². The maximum Gasteiger partial charge on any atom is 0.348 e. The first kappa shape index (κ1) is 94.5. The fourth-order valence-electron chi connectivity index (χ4n) is 13.6. The van der Waals surface area contributed by atoms with Crippen molar-refractivity contribution in [1.29, 1.82) is 0 Å². The Bertz CT molecular complexity index is 4870. The molecule has 29 heteroatoms. The van der Waals surface area contributed by atoms with Gasteiger partial charge in [-0.15, -0.1) is 0 Å². The molecule has 4 atom stereocenters. The summed E-state index contributed by atoms with van der Waals surface area (Å²) in [6.45, 7) is 31.3. The van der Waals surface area contributed by atoms with E-state index < -0.39 is 66.1 Å². The van der Waals surface area contributed by atoms with Gasteiger partial charge >= 0.3 is 53.7 Å². The van der Waals surface area contributed by atoms with Gasteiger partial charge < -0.3 is 49.5 Å². The van der Waals surface area contributed by atoms with Crippen LogP contribution in [0.3, 0.4) is 0 Å². The van der Waals surface area contributed by atoms with Crippen molar-refractivity contribution in [1.82, 2.24) is 39.9 Å². The number of aromatic nitrogens is 8. The SMILES string of the molecule is C=CC1=C(C)c2cc3nc(c(CC(=O)O)c4[nH]c(cc5[nH]c(cc1n2)c(C)c5CC)c(C)c4C(=O)O)[C@@H](CCC(=O)O)[C@@H]3C.C=CC1=C(C)c2cc3nc(c4c5[nH]c(cc6[nH]c(cc1n2)c(C)c6CC)c(C)c5C(=O)OC(=O)C4)[C@@H](CCC(=O)OC(C)=O)[C@@H]3C.CC(=O)OC(C)=O.[Ce].[Ce].[Ce].[Ce].[Ce].[Ce]. The molecule has 5 aliphatic rings. The smallest absolute Gasteiger partial charge is 0.348 e. The molecule has 5 aliphatic heterocycles. The first-order valence-corrected chi connectivity index (χ1v) is 31.9. The summed E-state index contributed by atoms with van der Waals surface area (Å²) in [5, 5.41) is 29.9. The van der Waals surface area contributed by atoms with Crippen molar-refractivity contribution < 1.29 is 323 Å². The second kappa shape index (κ2) is 40.8. The number of H-pyrrole nitrogens is 4. The van der Waals surface area contributed by atoms with Crippen LogP contribution >= 0.6 is 0 Å². The van der Waals surface area contributed by atoms with E-state index in [1.54, 1.807) is 13.0 Å². The zero-order valence-electron chi connectivity index (χ0n) is 59.5. The molecule has 0 saturated heterocycles. The van der Waals surface area contributed by atoms with E-state index in [9.17, 15) is 58.5 Å². The van der Waals surface area contributed by atoms with E-state index in [1.165, 1.54) is 20.8 Å². The Kier molecular flexibility index (Phi) is 37.5. The molecule has 528 valence electrons. The molecule has 16 bridgehead atoms. The number of cyclic esters (lactones) is 2. The van der Waals surface area contributed by atoms with Crippen LogP contribution in [0.1, 0.15) is 222 Å². The summed E-state index contributed by atoms with van der Waals surface area (Å²) in [5.41, 5.74) is 20.6. The number of aromatic carboxylic acids is 1. The molecule has 6 aromatic rings. The topological polar surface area (TPSA) is 357 Å². The van der Waals surface area contributed by atoms with Crippen LogP contribution in [0.5, 0.6) is 0 Å². The minimum absolute atomic E-state index is 0. The standard InChI is InChI=1S/C36H36N4O6.C34H36N4O6.C4H6O3.6Ce/c1-8-21-16(3)25-13-27-18(5)23(10-11-31(42)45-20(7)41)34(39-27)24-12-32(43)46-36(44)33-19(6)28(40-35(24)33)15-30-22(9-2)17(4)26(38-30)14-29(21)37-25;1-7-19-15(3)23-12-25-17(5)21(9-10-29(39)40)32(37-25)22(11-30(41)42)33-31(34(43)44)18(6)26(38-33)14-28-20(8-2)16(4)24(36-28)13-27(19)35-23;1-3(5)7-4(2)6;;;;;;/h8,13-15,18,23,38,40H,1,9-12H2,2-7H3;7,12-14,17,21,36,38H,1,8-11H2,2-6H3,(H,39,40)(H,41,42)(H,43,44);1-2H3;;;;;;/t18-,23-;17-,21-;;;;;;;/m00......./s1. The molecule has 103 heavy (non-hydrogen) atoms. The largest absolute Gasteiger partial charge is 0.481 e.